The minimum absolute atomic E-state index is 0.0229. The van der Waals surface area contributed by atoms with Crippen LogP contribution in [0.15, 0.2) is 48.6 Å². The van der Waals surface area contributed by atoms with Gasteiger partial charge >= 0.3 is 6.18 Å². The molecule has 0 unspecified atom stereocenters. The summed E-state index contributed by atoms with van der Waals surface area (Å²) >= 11 is 0. The van der Waals surface area contributed by atoms with Gasteiger partial charge in [-0.2, -0.15) is 13.2 Å². The van der Waals surface area contributed by atoms with Crippen LogP contribution in [0, 0.1) is 18.6 Å². The van der Waals surface area contributed by atoms with Gasteiger partial charge < -0.3 is 16.1 Å². The van der Waals surface area contributed by atoms with E-state index in [-0.39, 0.29) is 33.8 Å². The van der Waals surface area contributed by atoms with Crippen molar-refractivity contribution >= 4 is 23.0 Å². The number of hydrazine groups is 1. The molecule has 0 aromatic heterocycles. The van der Waals surface area contributed by atoms with Crippen molar-refractivity contribution in [2.45, 2.75) is 13.1 Å². The average Bonchev–Trinajstić information content (AvgIpc) is 2.65. The molecular formula is C20H19F5N4O. The fourth-order valence-corrected chi connectivity index (χ4v) is 2.49. The van der Waals surface area contributed by atoms with Gasteiger partial charge in [-0.3, -0.25) is 4.79 Å². The van der Waals surface area contributed by atoms with Crippen molar-refractivity contribution in [1.29, 1.82) is 0 Å². The zero-order valence-electron chi connectivity index (χ0n) is 16.1. The highest BCUT2D eigenvalue weighted by molar-refractivity contribution is 6.05. The number of nitrogens with zero attached hydrogens (tertiary/aromatic N) is 1. The Bertz CT molecular complexity index is 1030. The molecule has 0 saturated carbocycles. The van der Waals surface area contributed by atoms with Gasteiger partial charge in [0.15, 0.2) is 11.6 Å². The lowest BCUT2D eigenvalue weighted by molar-refractivity contribution is -0.0878. The molecule has 0 fully saturated rings. The van der Waals surface area contributed by atoms with Gasteiger partial charge in [0.1, 0.15) is 0 Å². The molecule has 30 heavy (non-hydrogen) atoms. The molecule has 10 heteroatoms. The van der Waals surface area contributed by atoms with E-state index in [0.29, 0.717) is 0 Å². The lowest BCUT2D eigenvalue weighted by Crippen LogP contribution is -2.25. The molecule has 0 saturated heterocycles. The van der Waals surface area contributed by atoms with E-state index in [0.717, 1.165) is 11.1 Å². The third-order valence-corrected chi connectivity index (χ3v) is 4.17. The molecule has 0 aliphatic carbocycles. The zero-order valence-corrected chi connectivity index (χ0v) is 16.1. The van der Waals surface area contributed by atoms with Crippen molar-refractivity contribution in [1.82, 2.24) is 5.01 Å². The van der Waals surface area contributed by atoms with Crippen LogP contribution in [0.4, 0.5) is 33.3 Å². The van der Waals surface area contributed by atoms with E-state index in [1.54, 1.807) is 0 Å². The summed E-state index contributed by atoms with van der Waals surface area (Å²) in [5, 5.41) is 3.15. The molecule has 160 valence electrons. The normalized spacial score (nSPS) is 11.9. The molecule has 0 atom stereocenters. The SMILES string of the molecule is C=C(/C=C(/c1ccc(C(=O)Nc2ccc(C)c(F)c2F)cc1N)N(C)N)C(F)(F)F. The lowest BCUT2D eigenvalue weighted by Gasteiger charge is -2.20. The standard InChI is InChI=1S/C20H19F5N4O/c1-10-4-7-15(18(22)17(10)21)28-19(30)12-5-6-13(14(26)9-12)16(29(3)27)8-11(2)20(23,24)25/h4-9H,2,26-27H2,1,3H3,(H,28,30)/b16-8-. The maximum Gasteiger partial charge on any atom is 0.415 e. The smallest absolute Gasteiger partial charge is 0.398 e. The first-order chi connectivity index (χ1) is 13.8. The van der Waals surface area contributed by atoms with E-state index in [4.69, 9.17) is 11.6 Å². The van der Waals surface area contributed by atoms with Gasteiger partial charge in [-0.05, 0) is 42.8 Å². The number of carbonyl (C=O) groups is 1. The molecule has 2 rings (SSSR count). The predicted molar refractivity (Wildman–Crippen MR) is 105 cm³/mol. The number of nitrogens with two attached hydrogens (primary N) is 2. The summed E-state index contributed by atoms with van der Waals surface area (Å²) in [7, 11) is 1.31. The minimum atomic E-state index is -4.66. The lowest BCUT2D eigenvalue weighted by atomic mass is 10.0. The van der Waals surface area contributed by atoms with Crippen molar-refractivity contribution in [2.24, 2.45) is 5.84 Å². The average molecular weight is 426 g/mol. The Morgan fingerprint density at radius 2 is 1.80 bits per heavy atom. The summed E-state index contributed by atoms with van der Waals surface area (Å²) in [6, 6.07) is 6.23. The van der Waals surface area contributed by atoms with Crippen molar-refractivity contribution < 1.29 is 26.7 Å². The number of hydrogen-bond acceptors (Lipinski definition) is 4. The summed E-state index contributed by atoms with van der Waals surface area (Å²) in [4.78, 5) is 12.4. The van der Waals surface area contributed by atoms with Gasteiger partial charge in [0.25, 0.3) is 5.91 Å². The second-order valence-corrected chi connectivity index (χ2v) is 6.48. The maximum atomic E-state index is 14.0. The molecule has 5 nitrogen and oxygen atoms in total. The van der Waals surface area contributed by atoms with Crippen molar-refractivity contribution in [3.05, 3.63) is 76.9 Å². The number of rotatable bonds is 5. The predicted octanol–water partition coefficient (Wildman–Crippen LogP) is 4.37. The van der Waals surface area contributed by atoms with E-state index in [9.17, 15) is 26.7 Å². The number of hydrogen-bond donors (Lipinski definition) is 3. The van der Waals surface area contributed by atoms with E-state index in [2.05, 4.69) is 11.9 Å². The van der Waals surface area contributed by atoms with Gasteiger partial charge in [0.05, 0.1) is 17.0 Å². The number of benzene rings is 2. The van der Waals surface area contributed by atoms with Crippen LogP contribution in [0.2, 0.25) is 0 Å². The number of allylic oxidation sites excluding steroid dienone is 2. The highest BCUT2D eigenvalue weighted by Gasteiger charge is 2.31. The third-order valence-electron chi connectivity index (χ3n) is 4.17. The molecule has 2 aromatic carbocycles. The monoisotopic (exact) mass is 426 g/mol. The van der Waals surface area contributed by atoms with Crippen LogP contribution < -0.4 is 16.9 Å². The Morgan fingerprint density at radius 1 is 1.17 bits per heavy atom. The number of nitrogen functional groups attached to an aromatic ring is 1. The maximum absolute atomic E-state index is 14.0. The second kappa shape index (κ2) is 8.54. The van der Waals surface area contributed by atoms with E-state index in [1.165, 1.54) is 44.3 Å². The van der Waals surface area contributed by atoms with Crippen molar-refractivity contribution in [2.75, 3.05) is 18.1 Å². The first-order valence-electron chi connectivity index (χ1n) is 8.45. The van der Waals surface area contributed by atoms with Gasteiger partial charge in [-0.25, -0.2) is 14.6 Å². The van der Waals surface area contributed by atoms with E-state index in [1.807, 2.05) is 0 Å². The summed E-state index contributed by atoms with van der Waals surface area (Å²) in [6.45, 7) is 4.33. The molecular weight excluding hydrogens is 407 g/mol. The first-order valence-corrected chi connectivity index (χ1v) is 8.45. The number of aryl methyl sites for hydroxylation is 1. The molecule has 0 bridgehead atoms. The fraction of sp³-hybridized carbons (Fsp3) is 0.150. The summed E-state index contributed by atoms with van der Waals surface area (Å²) in [6.07, 6.45) is -3.95. The molecule has 0 spiro atoms. The van der Waals surface area contributed by atoms with Gasteiger partial charge in [-0.15, -0.1) is 0 Å². The topological polar surface area (TPSA) is 84.4 Å². The number of halogens is 5. The quantitative estimate of drug-likeness (QED) is 0.218. The van der Waals surface area contributed by atoms with Crippen LogP contribution in [0.3, 0.4) is 0 Å². The first kappa shape index (κ1) is 22.9. The summed E-state index contributed by atoms with van der Waals surface area (Å²) < 4.78 is 66.0. The number of anilines is 2. The molecule has 0 aliphatic heterocycles. The van der Waals surface area contributed by atoms with Crippen LogP contribution >= 0.6 is 0 Å². The van der Waals surface area contributed by atoms with Crippen molar-refractivity contribution in [3.63, 3.8) is 0 Å². The Hall–Kier alpha value is -3.40. The highest BCUT2D eigenvalue weighted by atomic mass is 19.4. The molecule has 5 N–H and O–H groups in total. The number of nitrogens with one attached hydrogen (secondary N) is 1. The third kappa shape index (κ3) is 4.95. The Morgan fingerprint density at radius 3 is 2.33 bits per heavy atom. The summed E-state index contributed by atoms with van der Waals surface area (Å²) in [5.74, 6) is 2.52. The number of carbonyl (C=O) groups excluding carboxylic acids is 1. The highest BCUT2D eigenvalue weighted by Crippen LogP contribution is 2.31. The van der Waals surface area contributed by atoms with Crippen LogP contribution in [0.1, 0.15) is 21.5 Å². The molecule has 1 amide bonds. The summed E-state index contributed by atoms with van der Waals surface area (Å²) in [5.41, 5.74) is 4.41. The van der Waals surface area contributed by atoms with Crippen LogP contribution in [0.25, 0.3) is 5.70 Å². The van der Waals surface area contributed by atoms with Gasteiger partial charge in [0.2, 0.25) is 0 Å². The Kier molecular flexibility index (Phi) is 6.51. The largest absolute Gasteiger partial charge is 0.415 e. The van der Waals surface area contributed by atoms with Gasteiger partial charge in [0, 0.05) is 23.9 Å². The fourth-order valence-electron chi connectivity index (χ4n) is 2.49. The van der Waals surface area contributed by atoms with Crippen LogP contribution in [-0.4, -0.2) is 24.1 Å². The van der Waals surface area contributed by atoms with E-state index < -0.39 is 29.3 Å². The van der Waals surface area contributed by atoms with Gasteiger partial charge in [-0.1, -0.05) is 12.6 Å². The molecule has 0 aliphatic rings. The minimum Gasteiger partial charge on any atom is -0.398 e. The van der Waals surface area contributed by atoms with Crippen molar-refractivity contribution in [3.8, 4) is 0 Å². The molecule has 2 aromatic rings. The van der Waals surface area contributed by atoms with E-state index >= 15 is 0 Å². The zero-order chi connectivity index (χ0) is 22.8. The second-order valence-electron chi connectivity index (χ2n) is 6.48. The Balaban J connectivity index is 2.36. The molecule has 0 heterocycles. The number of alkyl halides is 3. The van der Waals surface area contributed by atoms with Crippen LogP contribution in [0.5, 0.6) is 0 Å². The number of amides is 1. The molecule has 0 radical (unpaired) electrons. The Labute approximate surface area is 169 Å². The van der Waals surface area contributed by atoms with Crippen LogP contribution in [-0.2, 0) is 0 Å².